The second-order valence-electron chi connectivity index (χ2n) is 7.78. The van der Waals surface area contributed by atoms with Crippen LogP contribution in [-0.4, -0.2) is 31.1 Å². The van der Waals surface area contributed by atoms with Crippen molar-refractivity contribution in [3.63, 3.8) is 0 Å². The number of benzene rings is 2. The molecule has 0 spiro atoms. The first-order chi connectivity index (χ1) is 14.8. The molecule has 0 fully saturated rings. The van der Waals surface area contributed by atoms with E-state index in [0.29, 0.717) is 30.2 Å². The van der Waals surface area contributed by atoms with Crippen molar-refractivity contribution >= 4 is 15.7 Å². The molecule has 0 saturated carbocycles. The Kier molecular flexibility index (Phi) is 7.28. The molecule has 164 valence electrons. The molecule has 0 unspecified atom stereocenters. The summed E-state index contributed by atoms with van der Waals surface area (Å²) in [7, 11) is -3.69. The van der Waals surface area contributed by atoms with Gasteiger partial charge in [0.05, 0.1) is 11.4 Å². The van der Waals surface area contributed by atoms with Crippen molar-refractivity contribution in [2.75, 3.05) is 5.75 Å². The second kappa shape index (κ2) is 9.92. The van der Waals surface area contributed by atoms with Gasteiger partial charge in [0.15, 0.2) is 9.84 Å². The SMILES string of the molecule is CC[C@H](Cc1ccccc1)NC(=O)CS(=O)(=O)Cc1nc(-c2ccc(C)cc2)oc1C. The van der Waals surface area contributed by atoms with Crippen LogP contribution in [0.3, 0.4) is 0 Å². The third-order valence-electron chi connectivity index (χ3n) is 5.08. The van der Waals surface area contributed by atoms with Crippen LogP contribution in [0.1, 0.15) is 35.9 Å². The number of aryl methyl sites for hydroxylation is 2. The molecular weight excluding hydrogens is 412 g/mol. The molecule has 0 bridgehead atoms. The maximum atomic E-state index is 12.6. The molecule has 0 radical (unpaired) electrons. The summed E-state index contributed by atoms with van der Waals surface area (Å²) in [5, 5.41) is 2.85. The number of carbonyl (C=O) groups is 1. The zero-order chi connectivity index (χ0) is 22.4. The maximum Gasteiger partial charge on any atom is 0.235 e. The Bertz CT molecular complexity index is 1120. The fourth-order valence-corrected chi connectivity index (χ4v) is 4.58. The molecular formula is C24H28N2O4S. The summed E-state index contributed by atoms with van der Waals surface area (Å²) in [4.78, 5) is 16.8. The monoisotopic (exact) mass is 440 g/mol. The molecule has 0 aliphatic heterocycles. The average molecular weight is 441 g/mol. The number of aromatic nitrogens is 1. The Morgan fingerprint density at radius 3 is 2.39 bits per heavy atom. The lowest BCUT2D eigenvalue weighted by Gasteiger charge is -2.17. The van der Waals surface area contributed by atoms with Crippen LogP contribution < -0.4 is 5.32 Å². The Labute approximate surface area is 183 Å². The van der Waals surface area contributed by atoms with Crippen LogP contribution >= 0.6 is 0 Å². The van der Waals surface area contributed by atoms with E-state index in [1.807, 2.05) is 68.4 Å². The largest absolute Gasteiger partial charge is 0.441 e. The van der Waals surface area contributed by atoms with E-state index in [1.165, 1.54) is 0 Å². The predicted octanol–water partition coefficient (Wildman–Crippen LogP) is 4.01. The van der Waals surface area contributed by atoms with E-state index in [9.17, 15) is 13.2 Å². The number of oxazole rings is 1. The topological polar surface area (TPSA) is 89.3 Å². The summed E-state index contributed by atoms with van der Waals surface area (Å²) in [6.07, 6.45) is 1.37. The molecule has 7 heteroatoms. The van der Waals surface area contributed by atoms with E-state index >= 15 is 0 Å². The molecule has 0 saturated heterocycles. The molecule has 1 aromatic heterocycles. The van der Waals surface area contributed by atoms with Gasteiger partial charge in [0, 0.05) is 11.6 Å². The van der Waals surface area contributed by atoms with Crippen molar-refractivity contribution in [2.45, 2.75) is 45.4 Å². The van der Waals surface area contributed by atoms with Crippen molar-refractivity contribution in [1.29, 1.82) is 0 Å². The summed E-state index contributed by atoms with van der Waals surface area (Å²) in [5.41, 5.74) is 3.32. The predicted molar refractivity (Wildman–Crippen MR) is 121 cm³/mol. The van der Waals surface area contributed by atoms with Crippen LogP contribution in [0.5, 0.6) is 0 Å². The van der Waals surface area contributed by atoms with Gasteiger partial charge in [0.2, 0.25) is 11.8 Å². The molecule has 31 heavy (non-hydrogen) atoms. The lowest BCUT2D eigenvalue weighted by atomic mass is 10.0. The summed E-state index contributed by atoms with van der Waals surface area (Å²) in [6.45, 7) is 5.63. The van der Waals surface area contributed by atoms with Gasteiger partial charge in [0.1, 0.15) is 11.5 Å². The first-order valence-corrected chi connectivity index (χ1v) is 12.1. The third kappa shape index (κ3) is 6.52. The summed E-state index contributed by atoms with van der Waals surface area (Å²) in [6, 6.07) is 17.3. The van der Waals surface area contributed by atoms with Crippen molar-refractivity contribution < 1.29 is 17.6 Å². The van der Waals surface area contributed by atoms with Gasteiger partial charge in [0.25, 0.3) is 0 Å². The molecule has 0 aliphatic carbocycles. The first kappa shape index (κ1) is 22.7. The molecule has 1 amide bonds. The maximum absolute atomic E-state index is 12.6. The quantitative estimate of drug-likeness (QED) is 0.543. The van der Waals surface area contributed by atoms with Gasteiger partial charge in [-0.3, -0.25) is 4.79 Å². The number of nitrogens with zero attached hydrogens (tertiary/aromatic N) is 1. The van der Waals surface area contributed by atoms with Gasteiger partial charge in [-0.15, -0.1) is 0 Å². The fourth-order valence-electron chi connectivity index (χ4n) is 3.31. The highest BCUT2D eigenvalue weighted by molar-refractivity contribution is 7.91. The highest BCUT2D eigenvalue weighted by Gasteiger charge is 2.23. The van der Waals surface area contributed by atoms with Crippen LogP contribution in [0, 0.1) is 13.8 Å². The van der Waals surface area contributed by atoms with Gasteiger partial charge < -0.3 is 9.73 Å². The van der Waals surface area contributed by atoms with Crippen LogP contribution in [0.25, 0.3) is 11.5 Å². The fraction of sp³-hybridized carbons (Fsp3) is 0.333. The molecule has 1 heterocycles. The van der Waals surface area contributed by atoms with E-state index in [1.54, 1.807) is 6.92 Å². The average Bonchev–Trinajstić information content (AvgIpc) is 3.07. The lowest BCUT2D eigenvalue weighted by molar-refractivity contribution is -0.119. The Hall–Kier alpha value is -2.93. The van der Waals surface area contributed by atoms with Crippen LogP contribution in [-0.2, 0) is 26.8 Å². The minimum atomic E-state index is -3.69. The van der Waals surface area contributed by atoms with Gasteiger partial charge in [-0.2, -0.15) is 0 Å². The van der Waals surface area contributed by atoms with Crippen molar-refractivity contribution in [1.82, 2.24) is 10.3 Å². The standard InChI is InChI=1S/C24H28N2O4S/c1-4-21(14-19-8-6-5-7-9-19)25-23(27)16-31(28,29)15-22-18(3)30-24(26-22)20-12-10-17(2)11-13-20/h5-13,21H,4,14-16H2,1-3H3,(H,25,27)/t21-/m1/s1. The molecule has 6 nitrogen and oxygen atoms in total. The summed E-state index contributed by atoms with van der Waals surface area (Å²) < 4.78 is 30.9. The van der Waals surface area contributed by atoms with E-state index in [4.69, 9.17) is 4.42 Å². The zero-order valence-corrected chi connectivity index (χ0v) is 18.9. The Morgan fingerprint density at radius 1 is 1.06 bits per heavy atom. The number of amides is 1. The Morgan fingerprint density at radius 2 is 1.74 bits per heavy atom. The van der Waals surface area contributed by atoms with Gasteiger partial charge in [-0.1, -0.05) is 55.0 Å². The second-order valence-corrected chi connectivity index (χ2v) is 9.85. The Balaban J connectivity index is 1.63. The van der Waals surface area contributed by atoms with E-state index < -0.39 is 21.5 Å². The molecule has 3 aromatic rings. The summed E-state index contributed by atoms with van der Waals surface area (Å²) >= 11 is 0. The van der Waals surface area contributed by atoms with Crippen molar-refractivity contribution in [3.05, 3.63) is 77.2 Å². The zero-order valence-electron chi connectivity index (χ0n) is 18.1. The minimum Gasteiger partial charge on any atom is -0.441 e. The molecule has 3 rings (SSSR count). The molecule has 2 aromatic carbocycles. The van der Waals surface area contributed by atoms with Crippen molar-refractivity contribution in [3.8, 4) is 11.5 Å². The number of nitrogens with one attached hydrogen (secondary N) is 1. The number of carbonyl (C=O) groups excluding carboxylic acids is 1. The molecule has 1 atom stereocenters. The lowest BCUT2D eigenvalue weighted by Crippen LogP contribution is -2.39. The van der Waals surface area contributed by atoms with Crippen molar-refractivity contribution in [2.24, 2.45) is 0 Å². The number of hydrogen-bond donors (Lipinski definition) is 1. The highest BCUT2D eigenvalue weighted by Crippen LogP contribution is 2.23. The summed E-state index contributed by atoms with van der Waals surface area (Å²) in [5.74, 6) is -0.597. The van der Waals surface area contributed by atoms with E-state index in [2.05, 4.69) is 10.3 Å². The minimum absolute atomic E-state index is 0.118. The van der Waals surface area contributed by atoms with E-state index in [-0.39, 0.29) is 11.8 Å². The molecule has 0 aliphatic rings. The van der Waals surface area contributed by atoms with Gasteiger partial charge in [-0.25, -0.2) is 13.4 Å². The first-order valence-electron chi connectivity index (χ1n) is 10.3. The third-order valence-corrected chi connectivity index (χ3v) is 6.50. The van der Waals surface area contributed by atoms with E-state index in [0.717, 1.165) is 16.7 Å². The van der Waals surface area contributed by atoms with Crippen LogP contribution in [0.4, 0.5) is 0 Å². The smallest absolute Gasteiger partial charge is 0.235 e. The highest BCUT2D eigenvalue weighted by atomic mass is 32.2. The van der Waals surface area contributed by atoms with Crippen LogP contribution in [0.15, 0.2) is 59.0 Å². The normalized spacial score (nSPS) is 12.5. The number of sulfone groups is 1. The number of hydrogen-bond acceptors (Lipinski definition) is 5. The molecule has 1 N–H and O–H groups in total. The van der Waals surface area contributed by atoms with Gasteiger partial charge >= 0.3 is 0 Å². The number of rotatable bonds is 9. The van der Waals surface area contributed by atoms with Gasteiger partial charge in [-0.05, 0) is 44.4 Å². The van der Waals surface area contributed by atoms with Crippen LogP contribution in [0.2, 0.25) is 0 Å².